The monoisotopic (exact) mass is 349 g/mol. The van der Waals surface area contributed by atoms with Crippen LogP contribution in [0.15, 0.2) is 48.5 Å². The van der Waals surface area contributed by atoms with Gasteiger partial charge in [-0.05, 0) is 49.1 Å². The average molecular weight is 349 g/mol. The number of benzene rings is 2. The summed E-state index contributed by atoms with van der Waals surface area (Å²) in [6, 6.07) is 17.0. The number of amides is 1. The van der Waals surface area contributed by atoms with Gasteiger partial charge >= 0.3 is 0 Å². The number of aryl methyl sites for hydroxylation is 2. The maximum absolute atomic E-state index is 12.9. The van der Waals surface area contributed by atoms with E-state index in [-0.39, 0.29) is 5.91 Å². The van der Waals surface area contributed by atoms with Gasteiger partial charge in [-0.1, -0.05) is 30.3 Å². The molecule has 4 rings (SSSR count). The molecule has 136 valence electrons. The highest BCUT2D eigenvalue weighted by Crippen LogP contribution is 2.27. The molecule has 0 spiro atoms. The molecule has 2 aromatic rings. The van der Waals surface area contributed by atoms with E-state index in [4.69, 9.17) is 0 Å². The summed E-state index contributed by atoms with van der Waals surface area (Å²) >= 11 is 0. The smallest absolute Gasteiger partial charge is 0.241 e. The summed E-state index contributed by atoms with van der Waals surface area (Å²) in [5.74, 6) is 0.237. The standard InChI is InChI=1S/C22H27N3O/c1-18-6-4-9-20(16-18)24-14-12-23(13-15-24)17-22(26)25-11-5-8-19-7-2-3-10-21(19)25/h2-4,6-7,9-10,16H,5,8,11-15,17H2,1H3. The summed E-state index contributed by atoms with van der Waals surface area (Å²) < 4.78 is 0. The number of hydrogen-bond acceptors (Lipinski definition) is 3. The number of fused-ring (bicyclic) bond motifs is 1. The van der Waals surface area contributed by atoms with Crippen molar-refractivity contribution in [2.45, 2.75) is 19.8 Å². The second kappa shape index (κ2) is 7.50. The summed E-state index contributed by atoms with van der Waals surface area (Å²) in [6.07, 6.45) is 2.14. The number of carbonyl (C=O) groups excluding carboxylic acids is 1. The zero-order valence-electron chi connectivity index (χ0n) is 15.5. The molecule has 2 heterocycles. The lowest BCUT2D eigenvalue weighted by atomic mass is 10.0. The Labute approximate surface area is 156 Å². The average Bonchev–Trinajstić information content (AvgIpc) is 2.68. The molecular weight excluding hydrogens is 322 g/mol. The maximum atomic E-state index is 12.9. The predicted molar refractivity (Wildman–Crippen MR) is 107 cm³/mol. The minimum absolute atomic E-state index is 0.237. The van der Waals surface area contributed by atoms with Crippen molar-refractivity contribution in [3.8, 4) is 0 Å². The Morgan fingerprint density at radius 2 is 1.77 bits per heavy atom. The van der Waals surface area contributed by atoms with Crippen molar-refractivity contribution in [2.75, 3.05) is 49.1 Å². The number of piperazine rings is 1. The van der Waals surface area contributed by atoms with Gasteiger partial charge in [-0.2, -0.15) is 0 Å². The third-order valence-corrected chi connectivity index (χ3v) is 5.51. The van der Waals surface area contributed by atoms with Crippen molar-refractivity contribution in [2.24, 2.45) is 0 Å². The van der Waals surface area contributed by atoms with Gasteiger partial charge in [0.25, 0.3) is 0 Å². The topological polar surface area (TPSA) is 26.8 Å². The second-order valence-electron chi connectivity index (χ2n) is 7.38. The molecule has 1 amide bonds. The molecule has 0 radical (unpaired) electrons. The number of para-hydroxylation sites is 1. The zero-order chi connectivity index (χ0) is 17.9. The molecule has 2 aliphatic heterocycles. The molecular formula is C22H27N3O. The van der Waals surface area contributed by atoms with Crippen LogP contribution in [0.2, 0.25) is 0 Å². The van der Waals surface area contributed by atoms with E-state index in [1.165, 1.54) is 16.8 Å². The van der Waals surface area contributed by atoms with Gasteiger partial charge in [0.05, 0.1) is 6.54 Å². The Morgan fingerprint density at radius 1 is 0.962 bits per heavy atom. The molecule has 26 heavy (non-hydrogen) atoms. The largest absolute Gasteiger partial charge is 0.369 e. The molecule has 0 saturated carbocycles. The molecule has 2 aliphatic rings. The summed E-state index contributed by atoms with van der Waals surface area (Å²) in [6.45, 7) is 7.34. The lowest BCUT2D eigenvalue weighted by Crippen LogP contribution is -2.50. The van der Waals surface area contributed by atoms with Crippen molar-refractivity contribution >= 4 is 17.3 Å². The molecule has 1 fully saturated rings. The maximum Gasteiger partial charge on any atom is 0.241 e. The number of rotatable bonds is 3. The molecule has 0 atom stereocenters. The van der Waals surface area contributed by atoms with Crippen LogP contribution in [0, 0.1) is 6.92 Å². The van der Waals surface area contributed by atoms with E-state index in [0.29, 0.717) is 6.54 Å². The normalized spacial score (nSPS) is 17.9. The highest BCUT2D eigenvalue weighted by atomic mass is 16.2. The zero-order valence-corrected chi connectivity index (χ0v) is 15.5. The van der Waals surface area contributed by atoms with Gasteiger partial charge in [0.2, 0.25) is 5.91 Å². The Kier molecular flexibility index (Phi) is 4.93. The molecule has 0 bridgehead atoms. The minimum atomic E-state index is 0.237. The van der Waals surface area contributed by atoms with Crippen LogP contribution >= 0.6 is 0 Å². The van der Waals surface area contributed by atoms with Gasteiger partial charge in [0.1, 0.15) is 0 Å². The van der Waals surface area contributed by atoms with Gasteiger partial charge in [-0.25, -0.2) is 0 Å². The number of carbonyl (C=O) groups is 1. The molecule has 0 unspecified atom stereocenters. The minimum Gasteiger partial charge on any atom is -0.369 e. The van der Waals surface area contributed by atoms with Crippen molar-refractivity contribution in [1.29, 1.82) is 0 Å². The van der Waals surface area contributed by atoms with Crippen LogP contribution in [-0.2, 0) is 11.2 Å². The van der Waals surface area contributed by atoms with E-state index < -0.39 is 0 Å². The van der Waals surface area contributed by atoms with E-state index in [2.05, 4.69) is 59.2 Å². The highest BCUT2D eigenvalue weighted by molar-refractivity contribution is 5.96. The van der Waals surface area contributed by atoms with Crippen LogP contribution in [-0.4, -0.2) is 50.1 Å². The first kappa shape index (κ1) is 17.1. The summed E-state index contributed by atoms with van der Waals surface area (Å²) in [5, 5.41) is 0. The lowest BCUT2D eigenvalue weighted by molar-refractivity contribution is -0.119. The first-order chi connectivity index (χ1) is 12.7. The van der Waals surface area contributed by atoms with Gasteiger partial charge in [-0.3, -0.25) is 9.69 Å². The van der Waals surface area contributed by atoms with Crippen molar-refractivity contribution < 1.29 is 4.79 Å². The number of hydrogen-bond donors (Lipinski definition) is 0. The van der Waals surface area contributed by atoms with Crippen LogP contribution in [0.3, 0.4) is 0 Å². The van der Waals surface area contributed by atoms with Crippen molar-refractivity contribution in [3.63, 3.8) is 0 Å². The van der Waals surface area contributed by atoms with Gasteiger partial charge in [0, 0.05) is 44.1 Å². The highest BCUT2D eigenvalue weighted by Gasteiger charge is 2.25. The van der Waals surface area contributed by atoms with E-state index in [1.807, 2.05) is 11.0 Å². The van der Waals surface area contributed by atoms with Crippen LogP contribution < -0.4 is 9.80 Å². The van der Waals surface area contributed by atoms with Crippen LogP contribution in [0.4, 0.5) is 11.4 Å². The Hall–Kier alpha value is -2.33. The summed E-state index contributed by atoms with van der Waals surface area (Å²) in [5.41, 5.74) is 5.00. The fourth-order valence-corrected chi connectivity index (χ4v) is 4.06. The Morgan fingerprint density at radius 3 is 2.58 bits per heavy atom. The number of nitrogens with zero attached hydrogens (tertiary/aromatic N) is 3. The molecule has 0 aromatic heterocycles. The first-order valence-corrected chi connectivity index (χ1v) is 9.63. The Bertz CT molecular complexity index is 780. The molecule has 1 saturated heterocycles. The molecule has 4 heteroatoms. The molecule has 2 aromatic carbocycles. The Balaban J connectivity index is 1.36. The molecule has 0 N–H and O–H groups in total. The van der Waals surface area contributed by atoms with Gasteiger partial charge in [-0.15, -0.1) is 0 Å². The lowest BCUT2D eigenvalue weighted by Gasteiger charge is -2.37. The van der Waals surface area contributed by atoms with Crippen LogP contribution in [0.5, 0.6) is 0 Å². The van der Waals surface area contributed by atoms with Crippen LogP contribution in [0.1, 0.15) is 17.5 Å². The van der Waals surface area contributed by atoms with Gasteiger partial charge < -0.3 is 9.80 Å². The van der Waals surface area contributed by atoms with E-state index in [1.54, 1.807) is 0 Å². The molecule has 0 aliphatic carbocycles. The third-order valence-electron chi connectivity index (χ3n) is 5.51. The fourth-order valence-electron chi connectivity index (χ4n) is 4.06. The third kappa shape index (κ3) is 3.61. The second-order valence-corrected chi connectivity index (χ2v) is 7.38. The van der Waals surface area contributed by atoms with E-state index in [9.17, 15) is 4.79 Å². The molecule has 4 nitrogen and oxygen atoms in total. The number of anilines is 2. The fraction of sp³-hybridized carbons (Fsp3) is 0.409. The SMILES string of the molecule is Cc1cccc(N2CCN(CC(=O)N3CCCc4ccccc43)CC2)c1. The van der Waals surface area contributed by atoms with Gasteiger partial charge in [0.15, 0.2) is 0 Å². The van der Waals surface area contributed by atoms with Crippen molar-refractivity contribution in [3.05, 3.63) is 59.7 Å². The quantitative estimate of drug-likeness (QED) is 0.852. The van der Waals surface area contributed by atoms with Crippen molar-refractivity contribution in [1.82, 2.24) is 4.90 Å². The van der Waals surface area contributed by atoms with E-state index in [0.717, 1.165) is 51.3 Å². The summed E-state index contributed by atoms with van der Waals surface area (Å²) in [4.78, 5) is 19.6. The summed E-state index contributed by atoms with van der Waals surface area (Å²) in [7, 11) is 0. The predicted octanol–water partition coefficient (Wildman–Crippen LogP) is 3.10. The van der Waals surface area contributed by atoms with E-state index >= 15 is 0 Å². The first-order valence-electron chi connectivity index (χ1n) is 9.63. The van der Waals surface area contributed by atoms with Crippen LogP contribution in [0.25, 0.3) is 0 Å².